The van der Waals surface area contributed by atoms with E-state index in [1.807, 2.05) is 6.07 Å². The third kappa shape index (κ3) is 2.22. The van der Waals surface area contributed by atoms with Crippen molar-refractivity contribution in [2.24, 2.45) is 0 Å². The number of allylic oxidation sites excluding steroid dienone is 2. The van der Waals surface area contributed by atoms with E-state index < -0.39 is 17.2 Å². The summed E-state index contributed by atoms with van der Waals surface area (Å²) in [5.41, 5.74) is 1.22. The summed E-state index contributed by atoms with van der Waals surface area (Å²) in [6.07, 6.45) is 1.87. The van der Waals surface area contributed by atoms with E-state index in [-0.39, 0.29) is 5.78 Å². The van der Waals surface area contributed by atoms with Crippen LogP contribution in [0.1, 0.15) is 36.3 Å². The van der Waals surface area contributed by atoms with Gasteiger partial charge in [-0.2, -0.15) is 0 Å². The van der Waals surface area contributed by atoms with Crippen molar-refractivity contribution >= 4 is 23.2 Å². The van der Waals surface area contributed by atoms with E-state index >= 15 is 0 Å². The van der Waals surface area contributed by atoms with E-state index in [1.165, 1.54) is 0 Å². The van der Waals surface area contributed by atoms with Gasteiger partial charge in [-0.25, -0.2) is 4.79 Å². The number of hydrogen-bond acceptors (Lipinski definition) is 4. The fourth-order valence-corrected chi connectivity index (χ4v) is 3.76. The molecule has 3 N–H and O–H groups in total. The average Bonchev–Trinajstić information content (AvgIpc) is 2.53. The Labute approximate surface area is 141 Å². The second-order valence-electron chi connectivity index (χ2n) is 5.95. The molecule has 7 heteroatoms. The molecule has 122 valence electrons. The van der Waals surface area contributed by atoms with Gasteiger partial charge < -0.3 is 5.32 Å². The van der Waals surface area contributed by atoms with Crippen molar-refractivity contribution in [2.75, 3.05) is 5.32 Å². The van der Waals surface area contributed by atoms with Crippen molar-refractivity contribution in [3.63, 3.8) is 0 Å². The number of halogens is 1. The first kappa shape index (κ1) is 15.0. The van der Waals surface area contributed by atoms with Crippen molar-refractivity contribution in [2.45, 2.75) is 25.2 Å². The van der Waals surface area contributed by atoms with Crippen LogP contribution in [0.3, 0.4) is 0 Å². The SMILES string of the molecule is O=C1CCCC2=C1[C@@H](c1ccccc1Cl)c1c([nH]c(=O)[nH]c1=O)N2. The summed E-state index contributed by atoms with van der Waals surface area (Å²) >= 11 is 6.35. The van der Waals surface area contributed by atoms with Gasteiger partial charge in [0.2, 0.25) is 0 Å². The van der Waals surface area contributed by atoms with E-state index in [9.17, 15) is 14.4 Å². The lowest BCUT2D eigenvalue weighted by molar-refractivity contribution is -0.116. The van der Waals surface area contributed by atoms with Crippen LogP contribution in [0.4, 0.5) is 5.82 Å². The maximum absolute atomic E-state index is 12.6. The van der Waals surface area contributed by atoms with Crippen LogP contribution in [-0.2, 0) is 4.79 Å². The molecule has 0 saturated carbocycles. The number of Topliss-reactive ketones (excluding diaryl/α,β-unsaturated/α-hetero) is 1. The molecule has 2 aliphatic rings. The van der Waals surface area contributed by atoms with Crippen LogP contribution in [0.15, 0.2) is 45.1 Å². The van der Waals surface area contributed by atoms with E-state index in [1.54, 1.807) is 18.2 Å². The first-order valence-corrected chi connectivity index (χ1v) is 8.08. The summed E-state index contributed by atoms with van der Waals surface area (Å²) < 4.78 is 0. The summed E-state index contributed by atoms with van der Waals surface area (Å²) in [4.78, 5) is 41.6. The fourth-order valence-electron chi connectivity index (χ4n) is 3.51. The number of rotatable bonds is 1. The number of aromatic nitrogens is 2. The Balaban J connectivity index is 2.06. The summed E-state index contributed by atoms with van der Waals surface area (Å²) in [5.74, 6) is -0.245. The van der Waals surface area contributed by atoms with Crippen molar-refractivity contribution in [3.05, 3.63) is 72.5 Å². The van der Waals surface area contributed by atoms with Gasteiger partial charge in [0.15, 0.2) is 5.78 Å². The molecule has 1 aliphatic heterocycles. The van der Waals surface area contributed by atoms with Gasteiger partial charge in [0.1, 0.15) is 5.82 Å². The quantitative estimate of drug-likeness (QED) is 0.740. The van der Waals surface area contributed by atoms with Gasteiger partial charge in [0.25, 0.3) is 5.56 Å². The minimum Gasteiger partial charge on any atom is -0.344 e. The lowest BCUT2D eigenvalue weighted by atomic mass is 9.76. The molecule has 0 bridgehead atoms. The van der Waals surface area contributed by atoms with Crippen LogP contribution >= 0.6 is 11.6 Å². The van der Waals surface area contributed by atoms with Gasteiger partial charge in [0.05, 0.1) is 5.56 Å². The van der Waals surface area contributed by atoms with Crippen molar-refractivity contribution in [1.29, 1.82) is 0 Å². The highest BCUT2D eigenvalue weighted by Crippen LogP contribution is 2.44. The minimum atomic E-state index is -0.588. The Morgan fingerprint density at radius 1 is 1.04 bits per heavy atom. The highest BCUT2D eigenvalue weighted by atomic mass is 35.5. The highest BCUT2D eigenvalue weighted by Gasteiger charge is 2.38. The van der Waals surface area contributed by atoms with Gasteiger partial charge >= 0.3 is 5.69 Å². The number of aromatic amines is 2. The monoisotopic (exact) mass is 343 g/mol. The van der Waals surface area contributed by atoms with Crippen LogP contribution in [0.25, 0.3) is 0 Å². The third-order valence-electron chi connectivity index (χ3n) is 4.51. The van der Waals surface area contributed by atoms with Crippen LogP contribution < -0.4 is 16.6 Å². The Morgan fingerprint density at radius 3 is 2.62 bits per heavy atom. The third-order valence-corrected chi connectivity index (χ3v) is 4.85. The molecule has 1 aromatic carbocycles. The number of ketones is 1. The Hall–Kier alpha value is -2.60. The van der Waals surface area contributed by atoms with Crippen LogP contribution in [0, 0.1) is 0 Å². The molecular weight excluding hydrogens is 330 g/mol. The Morgan fingerprint density at radius 2 is 1.83 bits per heavy atom. The van der Waals surface area contributed by atoms with Crippen LogP contribution in [0.5, 0.6) is 0 Å². The number of nitrogens with one attached hydrogen (secondary N) is 3. The van der Waals surface area contributed by atoms with E-state index in [0.717, 1.165) is 12.1 Å². The average molecular weight is 344 g/mol. The zero-order valence-corrected chi connectivity index (χ0v) is 13.4. The van der Waals surface area contributed by atoms with E-state index in [2.05, 4.69) is 15.3 Å². The molecule has 0 radical (unpaired) electrons. The molecule has 1 atom stereocenters. The van der Waals surface area contributed by atoms with Gasteiger partial charge in [-0.1, -0.05) is 29.8 Å². The van der Waals surface area contributed by atoms with Gasteiger partial charge in [-0.05, 0) is 24.5 Å². The molecule has 0 unspecified atom stereocenters. The number of fused-ring (bicyclic) bond motifs is 1. The summed E-state index contributed by atoms with van der Waals surface area (Å²) in [6, 6.07) is 7.14. The maximum atomic E-state index is 12.6. The molecule has 1 aliphatic carbocycles. The molecule has 2 heterocycles. The second kappa shape index (κ2) is 5.49. The molecule has 4 rings (SSSR count). The molecule has 0 fully saturated rings. The first-order chi connectivity index (χ1) is 11.6. The summed E-state index contributed by atoms with van der Waals surface area (Å²) in [5, 5.41) is 3.55. The van der Waals surface area contributed by atoms with Crippen LogP contribution in [0.2, 0.25) is 5.02 Å². The van der Waals surface area contributed by atoms with E-state index in [4.69, 9.17) is 11.6 Å². The van der Waals surface area contributed by atoms with Crippen molar-refractivity contribution in [3.8, 4) is 0 Å². The number of benzene rings is 1. The van der Waals surface area contributed by atoms with Crippen LogP contribution in [-0.4, -0.2) is 15.8 Å². The molecule has 0 saturated heterocycles. The number of carbonyl (C=O) groups is 1. The molecule has 0 amide bonds. The molecule has 2 aromatic rings. The largest absolute Gasteiger partial charge is 0.344 e. The number of carbonyl (C=O) groups excluding carboxylic acids is 1. The Bertz CT molecular complexity index is 1000. The van der Waals surface area contributed by atoms with Gasteiger partial charge in [0, 0.05) is 28.6 Å². The van der Waals surface area contributed by atoms with Gasteiger partial charge in [-0.3, -0.25) is 19.6 Å². The fraction of sp³-hybridized carbons (Fsp3) is 0.235. The smallest absolute Gasteiger partial charge is 0.327 e. The predicted molar refractivity (Wildman–Crippen MR) is 90.5 cm³/mol. The first-order valence-electron chi connectivity index (χ1n) is 7.70. The minimum absolute atomic E-state index is 0.00456. The molecular formula is C17H14ClN3O3. The van der Waals surface area contributed by atoms with E-state index in [0.29, 0.717) is 40.4 Å². The molecule has 0 spiro atoms. The van der Waals surface area contributed by atoms with Crippen molar-refractivity contribution < 1.29 is 4.79 Å². The second-order valence-corrected chi connectivity index (χ2v) is 6.35. The van der Waals surface area contributed by atoms with Crippen molar-refractivity contribution in [1.82, 2.24) is 9.97 Å². The number of hydrogen-bond donors (Lipinski definition) is 3. The maximum Gasteiger partial charge on any atom is 0.327 e. The predicted octanol–water partition coefficient (Wildman–Crippen LogP) is 2.28. The Kier molecular flexibility index (Phi) is 3.42. The molecule has 24 heavy (non-hydrogen) atoms. The zero-order valence-electron chi connectivity index (χ0n) is 12.6. The van der Waals surface area contributed by atoms with Gasteiger partial charge in [-0.15, -0.1) is 0 Å². The lowest BCUT2D eigenvalue weighted by Crippen LogP contribution is -2.36. The lowest BCUT2D eigenvalue weighted by Gasteiger charge is -2.33. The summed E-state index contributed by atoms with van der Waals surface area (Å²) in [6.45, 7) is 0. The number of anilines is 1. The normalized spacial score (nSPS) is 19.5. The highest BCUT2D eigenvalue weighted by molar-refractivity contribution is 6.31. The number of H-pyrrole nitrogens is 2. The zero-order chi connectivity index (χ0) is 16.8. The molecule has 1 aromatic heterocycles. The standard InChI is InChI=1S/C17H14ClN3O3/c18-9-5-2-1-4-8(9)12-13-10(6-3-7-11(13)22)19-15-14(12)16(23)21-17(24)20-15/h1-2,4-5,12H,3,6-7H2,(H3,19,20,21,23,24)/t12-/m1/s1. The summed E-state index contributed by atoms with van der Waals surface area (Å²) in [7, 11) is 0. The topological polar surface area (TPSA) is 94.8 Å². The molecule has 6 nitrogen and oxygen atoms in total.